The summed E-state index contributed by atoms with van der Waals surface area (Å²) in [5.41, 5.74) is 4.05. The second-order valence-electron chi connectivity index (χ2n) is 10.2. The van der Waals surface area contributed by atoms with Gasteiger partial charge in [-0.1, -0.05) is 6.07 Å². The first-order chi connectivity index (χ1) is 17.5. The molecule has 1 aromatic carbocycles. The number of fused-ring (bicyclic) bond motifs is 2. The molecule has 0 bridgehead atoms. The first-order valence-electron chi connectivity index (χ1n) is 12.7. The number of rotatable bonds is 7. The fraction of sp³-hybridized carbons (Fsp3) is 0.462. The average molecular weight is 524 g/mol. The van der Waals surface area contributed by atoms with E-state index < -0.39 is 0 Å². The number of hydrogen-bond donors (Lipinski definition) is 5. The summed E-state index contributed by atoms with van der Waals surface area (Å²) >= 11 is 7.16. The molecule has 10 heteroatoms. The maximum Gasteiger partial charge on any atom is 0.254 e. The molecule has 0 unspecified atom stereocenters. The number of benzene rings is 1. The van der Waals surface area contributed by atoms with Crippen LogP contribution in [0.2, 0.25) is 0 Å². The minimum Gasteiger partial charge on any atom is -0.359 e. The molecule has 0 spiro atoms. The van der Waals surface area contributed by atoms with Gasteiger partial charge in [0.05, 0.1) is 5.56 Å². The van der Waals surface area contributed by atoms with Crippen molar-refractivity contribution in [2.24, 2.45) is 11.8 Å². The second kappa shape index (κ2) is 9.48. The highest BCUT2D eigenvalue weighted by Gasteiger charge is 2.34. The molecule has 188 valence electrons. The van der Waals surface area contributed by atoms with Crippen LogP contribution in [0, 0.1) is 11.8 Å². The van der Waals surface area contributed by atoms with Crippen molar-refractivity contribution in [3.63, 3.8) is 0 Å². The van der Waals surface area contributed by atoms with Crippen LogP contribution in [0.3, 0.4) is 0 Å². The minimum atomic E-state index is -0.0936. The molecule has 3 amide bonds. The van der Waals surface area contributed by atoms with Gasteiger partial charge in [-0.3, -0.25) is 14.4 Å². The Bertz CT molecular complexity index is 1260. The fourth-order valence-corrected chi connectivity index (χ4v) is 6.48. The monoisotopic (exact) mass is 523 g/mol. The molecule has 0 radical (unpaired) electrons. The van der Waals surface area contributed by atoms with Gasteiger partial charge in [0.1, 0.15) is 5.00 Å². The van der Waals surface area contributed by atoms with Crippen LogP contribution in [-0.4, -0.2) is 35.4 Å². The first kappa shape index (κ1) is 23.4. The Morgan fingerprint density at radius 3 is 2.69 bits per heavy atom. The largest absolute Gasteiger partial charge is 0.359 e. The maximum atomic E-state index is 13.3. The van der Waals surface area contributed by atoms with Crippen LogP contribution in [-0.2, 0) is 24.2 Å². The van der Waals surface area contributed by atoms with Gasteiger partial charge in [0.15, 0.2) is 5.11 Å². The second-order valence-corrected chi connectivity index (χ2v) is 11.7. The summed E-state index contributed by atoms with van der Waals surface area (Å²) in [5.74, 6) is 0.518. The van der Waals surface area contributed by atoms with Gasteiger partial charge in [-0.25, -0.2) is 0 Å². The standard InChI is InChI=1S/C26H29N5O3S2/c32-22(14-6-7-14)31-25-21(24(34)27-11-13-4-5-13)17-10-15(8-9-20(17)36-25)29-26(35)30-19-3-1-2-16-18(19)12-28-23(16)33/h1-3,13-15H,4-12H2,(H,27,34)(H,28,33)(H,31,32)(H2,29,30,35)/t15-/m0/s1. The van der Waals surface area contributed by atoms with E-state index in [9.17, 15) is 14.4 Å². The van der Waals surface area contributed by atoms with Gasteiger partial charge in [-0.2, -0.15) is 0 Å². The summed E-state index contributed by atoms with van der Waals surface area (Å²) in [6.45, 7) is 1.17. The molecular weight excluding hydrogens is 494 g/mol. The van der Waals surface area contributed by atoms with E-state index in [1.54, 1.807) is 11.3 Å². The quantitative estimate of drug-likeness (QED) is 0.356. The Morgan fingerprint density at radius 1 is 1.08 bits per heavy atom. The van der Waals surface area contributed by atoms with Gasteiger partial charge in [-0.15, -0.1) is 11.3 Å². The van der Waals surface area contributed by atoms with Crippen LogP contribution < -0.4 is 26.6 Å². The molecule has 8 nitrogen and oxygen atoms in total. The van der Waals surface area contributed by atoms with E-state index >= 15 is 0 Å². The molecule has 4 aliphatic rings. The fourth-order valence-electron chi connectivity index (χ4n) is 4.96. The van der Waals surface area contributed by atoms with Crippen LogP contribution in [0.1, 0.15) is 68.8 Å². The Balaban J connectivity index is 1.17. The number of nitrogens with one attached hydrogen (secondary N) is 5. The van der Waals surface area contributed by atoms with Gasteiger partial charge in [0.2, 0.25) is 5.91 Å². The third kappa shape index (κ3) is 4.84. The average Bonchev–Trinajstić information content (AvgIpc) is 3.78. The Kier molecular flexibility index (Phi) is 6.17. The number of thiocarbonyl (C=S) groups is 1. The van der Waals surface area contributed by atoms with Crippen molar-refractivity contribution < 1.29 is 14.4 Å². The zero-order valence-corrected chi connectivity index (χ0v) is 21.5. The Hall–Kier alpha value is -2.98. The molecule has 0 saturated heterocycles. The predicted molar refractivity (Wildman–Crippen MR) is 144 cm³/mol. The van der Waals surface area contributed by atoms with Crippen molar-refractivity contribution in [2.75, 3.05) is 17.2 Å². The number of carbonyl (C=O) groups excluding carboxylic acids is 3. The highest BCUT2D eigenvalue weighted by molar-refractivity contribution is 7.80. The van der Waals surface area contributed by atoms with Crippen molar-refractivity contribution in [2.45, 2.75) is 57.5 Å². The van der Waals surface area contributed by atoms with Gasteiger partial charge in [0.25, 0.3) is 11.8 Å². The molecule has 36 heavy (non-hydrogen) atoms. The van der Waals surface area contributed by atoms with Gasteiger partial charge in [0, 0.05) is 46.7 Å². The zero-order chi connectivity index (χ0) is 24.8. The molecule has 3 aliphatic carbocycles. The van der Waals surface area contributed by atoms with Crippen molar-refractivity contribution in [3.8, 4) is 0 Å². The van der Waals surface area contributed by atoms with Gasteiger partial charge < -0.3 is 26.6 Å². The van der Waals surface area contributed by atoms with Crippen LogP contribution in [0.15, 0.2) is 18.2 Å². The normalized spacial score (nSPS) is 20.1. The predicted octanol–water partition coefficient (Wildman–Crippen LogP) is 3.32. The molecule has 2 saturated carbocycles. The molecule has 2 aromatic rings. The summed E-state index contributed by atoms with van der Waals surface area (Å²) in [5, 5.41) is 16.8. The Labute approximate surface area is 219 Å². The number of hydrogen-bond acceptors (Lipinski definition) is 5. The Morgan fingerprint density at radius 2 is 1.92 bits per heavy atom. The van der Waals surface area contributed by atoms with Crippen LogP contribution >= 0.6 is 23.6 Å². The molecular formula is C26H29N5O3S2. The summed E-state index contributed by atoms with van der Waals surface area (Å²) in [6, 6.07) is 5.64. The van der Waals surface area contributed by atoms with Crippen LogP contribution in [0.5, 0.6) is 0 Å². The zero-order valence-electron chi connectivity index (χ0n) is 19.9. The molecule has 2 fully saturated rings. The number of thiophene rings is 1. The molecule has 1 aliphatic heterocycles. The SMILES string of the molecule is O=C1NCc2c(NC(=S)N[C@H]3CCc4sc(NC(=O)C5CC5)c(C(=O)NCC5CC5)c4C3)cccc21. The molecule has 2 heterocycles. The van der Waals surface area contributed by atoms with Crippen molar-refractivity contribution in [3.05, 3.63) is 45.3 Å². The number of amides is 3. The molecule has 5 N–H and O–H groups in total. The van der Waals surface area contributed by atoms with E-state index in [2.05, 4.69) is 26.6 Å². The lowest BCUT2D eigenvalue weighted by molar-refractivity contribution is -0.117. The lowest BCUT2D eigenvalue weighted by atomic mass is 9.91. The minimum absolute atomic E-state index is 0.0215. The third-order valence-corrected chi connectivity index (χ3v) is 8.78. The topological polar surface area (TPSA) is 111 Å². The summed E-state index contributed by atoms with van der Waals surface area (Å²) < 4.78 is 0. The molecule has 1 aromatic heterocycles. The van der Waals surface area contributed by atoms with Gasteiger partial charge in [-0.05, 0) is 80.8 Å². The van der Waals surface area contributed by atoms with E-state index in [0.29, 0.717) is 46.7 Å². The van der Waals surface area contributed by atoms with E-state index in [1.165, 1.54) is 17.7 Å². The van der Waals surface area contributed by atoms with E-state index in [1.807, 2.05) is 18.2 Å². The van der Waals surface area contributed by atoms with Crippen molar-refractivity contribution in [1.82, 2.24) is 16.0 Å². The van der Waals surface area contributed by atoms with E-state index in [0.717, 1.165) is 42.5 Å². The summed E-state index contributed by atoms with van der Waals surface area (Å²) in [4.78, 5) is 38.9. The third-order valence-electron chi connectivity index (χ3n) is 7.35. The van der Waals surface area contributed by atoms with E-state index in [-0.39, 0.29) is 29.7 Å². The highest BCUT2D eigenvalue weighted by Crippen LogP contribution is 2.40. The number of anilines is 2. The molecule has 1 atom stereocenters. The van der Waals surface area contributed by atoms with Crippen molar-refractivity contribution in [1.29, 1.82) is 0 Å². The maximum absolute atomic E-state index is 13.3. The lowest BCUT2D eigenvalue weighted by Crippen LogP contribution is -2.41. The van der Waals surface area contributed by atoms with E-state index in [4.69, 9.17) is 12.2 Å². The van der Waals surface area contributed by atoms with Crippen LogP contribution in [0.4, 0.5) is 10.7 Å². The summed E-state index contributed by atoms with van der Waals surface area (Å²) in [6.07, 6.45) is 6.53. The van der Waals surface area contributed by atoms with Gasteiger partial charge >= 0.3 is 0 Å². The smallest absolute Gasteiger partial charge is 0.254 e. The number of aryl methyl sites for hydroxylation is 1. The van der Waals surface area contributed by atoms with Crippen molar-refractivity contribution >= 4 is 57.1 Å². The summed E-state index contributed by atoms with van der Waals surface area (Å²) in [7, 11) is 0. The van der Waals surface area contributed by atoms with Crippen LogP contribution in [0.25, 0.3) is 0 Å². The lowest BCUT2D eigenvalue weighted by Gasteiger charge is -2.26. The number of carbonyl (C=O) groups is 3. The molecule has 6 rings (SSSR count). The highest BCUT2D eigenvalue weighted by atomic mass is 32.1. The first-order valence-corrected chi connectivity index (χ1v) is 13.9.